The van der Waals surface area contributed by atoms with E-state index in [1.165, 1.54) is 11.3 Å². The van der Waals surface area contributed by atoms with Crippen LogP contribution in [-0.2, 0) is 9.84 Å². The van der Waals surface area contributed by atoms with E-state index in [4.69, 9.17) is 5.11 Å². The molecule has 0 radical (unpaired) electrons. The average molecular weight is 290 g/mol. The Hall–Kier alpha value is -1.15. The van der Waals surface area contributed by atoms with Gasteiger partial charge in [-0.2, -0.15) is 0 Å². The van der Waals surface area contributed by atoms with Gasteiger partial charge in [-0.1, -0.05) is 0 Å². The molecule has 2 rings (SSSR count). The molecule has 0 bridgehead atoms. The van der Waals surface area contributed by atoms with Gasteiger partial charge in [-0.3, -0.25) is 0 Å². The molecule has 1 aromatic heterocycles. The average Bonchev–Trinajstić information content (AvgIpc) is 2.58. The largest absolute Gasteiger partial charge is 0.476 e. The molecule has 0 aromatic carbocycles. The van der Waals surface area contributed by atoms with Gasteiger partial charge in [0.15, 0.2) is 20.7 Å². The van der Waals surface area contributed by atoms with Crippen molar-refractivity contribution in [2.45, 2.75) is 19.9 Å². The third kappa shape index (κ3) is 2.49. The molecule has 1 unspecified atom stereocenters. The van der Waals surface area contributed by atoms with Crippen LogP contribution in [-0.4, -0.2) is 48.6 Å². The van der Waals surface area contributed by atoms with Crippen LogP contribution in [0.15, 0.2) is 0 Å². The first-order chi connectivity index (χ1) is 8.30. The summed E-state index contributed by atoms with van der Waals surface area (Å²) in [5.74, 6) is -0.862. The van der Waals surface area contributed by atoms with Crippen molar-refractivity contribution in [3.8, 4) is 0 Å². The minimum atomic E-state index is -2.97. The lowest BCUT2D eigenvalue weighted by Gasteiger charge is -2.32. The van der Waals surface area contributed by atoms with E-state index in [-0.39, 0.29) is 23.2 Å². The number of hydrogen-bond acceptors (Lipinski definition) is 6. The van der Waals surface area contributed by atoms with E-state index in [9.17, 15) is 13.2 Å². The SMILES string of the molecule is Cc1sc(N2CCS(=O)(=O)CC2C)nc1C(=O)O. The highest BCUT2D eigenvalue weighted by Gasteiger charge is 2.30. The lowest BCUT2D eigenvalue weighted by molar-refractivity contribution is 0.0690. The number of aryl methyl sites for hydroxylation is 1. The predicted molar refractivity (Wildman–Crippen MR) is 69.3 cm³/mol. The van der Waals surface area contributed by atoms with Gasteiger partial charge in [0, 0.05) is 17.5 Å². The fourth-order valence-corrected chi connectivity index (χ4v) is 4.57. The van der Waals surface area contributed by atoms with Crippen molar-refractivity contribution < 1.29 is 18.3 Å². The number of carbonyl (C=O) groups is 1. The smallest absolute Gasteiger partial charge is 0.355 e. The van der Waals surface area contributed by atoms with Gasteiger partial charge in [-0.15, -0.1) is 11.3 Å². The van der Waals surface area contributed by atoms with Crippen LogP contribution in [0, 0.1) is 6.92 Å². The fraction of sp³-hybridized carbons (Fsp3) is 0.600. The molecule has 1 fully saturated rings. The lowest BCUT2D eigenvalue weighted by atomic mass is 10.3. The minimum absolute atomic E-state index is 0.0515. The highest BCUT2D eigenvalue weighted by molar-refractivity contribution is 7.91. The van der Waals surface area contributed by atoms with Gasteiger partial charge in [0.2, 0.25) is 0 Å². The molecule has 8 heteroatoms. The second-order valence-electron chi connectivity index (χ2n) is 4.36. The van der Waals surface area contributed by atoms with E-state index >= 15 is 0 Å². The van der Waals surface area contributed by atoms with Gasteiger partial charge in [0.05, 0.1) is 11.5 Å². The molecule has 0 aliphatic carbocycles. The summed E-state index contributed by atoms with van der Waals surface area (Å²) in [5, 5.41) is 9.55. The number of anilines is 1. The van der Waals surface area contributed by atoms with Gasteiger partial charge in [0.1, 0.15) is 0 Å². The molecule has 1 N–H and O–H groups in total. The second kappa shape index (κ2) is 4.51. The Balaban J connectivity index is 2.28. The number of nitrogens with zero attached hydrogens (tertiary/aromatic N) is 2. The third-order valence-electron chi connectivity index (χ3n) is 2.90. The summed E-state index contributed by atoms with van der Waals surface area (Å²) in [6.45, 7) is 3.89. The van der Waals surface area contributed by atoms with E-state index in [1.54, 1.807) is 6.92 Å². The molecule has 1 saturated heterocycles. The molecule has 18 heavy (non-hydrogen) atoms. The second-order valence-corrected chi connectivity index (χ2v) is 7.77. The number of aromatic carboxylic acids is 1. The Bertz CT molecular complexity index is 579. The zero-order valence-corrected chi connectivity index (χ0v) is 11.7. The Morgan fingerprint density at radius 2 is 2.22 bits per heavy atom. The molecule has 0 amide bonds. The van der Waals surface area contributed by atoms with E-state index in [2.05, 4.69) is 4.98 Å². The van der Waals surface area contributed by atoms with Crippen LogP contribution in [0.1, 0.15) is 22.3 Å². The lowest BCUT2D eigenvalue weighted by Crippen LogP contribution is -2.47. The number of rotatable bonds is 2. The Morgan fingerprint density at radius 1 is 1.56 bits per heavy atom. The van der Waals surface area contributed by atoms with E-state index < -0.39 is 15.8 Å². The standard InChI is InChI=1S/C10H14N2O4S2/c1-6-5-18(15,16)4-3-12(6)10-11-8(9(13)14)7(2)17-10/h6H,3-5H2,1-2H3,(H,13,14). The zero-order valence-electron chi connectivity index (χ0n) is 10.1. The van der Waals surface area contributed by atoms with Crippen LogP contribution >= 0.6 is 11.3 Å². The summed E-state index contributed by atoms with van der Waals surface area (Å²) >= 11 is 1.29. The molecular weight excluding hydrogens is 276 g/mol. The van der Waals surface area contributed by atoms with Gasteiger partial charge in [-0.25, -0.2) is 18.2 Å². The maximum Gasteiger partial charge on any atom is 0.355 e. The van der Waals surface area contributed by atoms with Crippen LogP contribution in [0.3, 0.4) is 0 Å². The van der Waals surface area contributed by atoms with Gasteiger partial charge < -0.3 is 10.0 Å². The topological polar surface area (TPSA) is 87.6 Å². The van der Waals surface area contributed by atoms with Crippen LogP contribution < -0.4 is 4.90 Å². The number of carboxylic acids is 1. The summed E-state index contributed by atoms with van der Waals surface area (Å²) in [5.41, 5.74) is 0.0515. The van der Waals surface area contributed by atoms with Crippen molar-refractivity contribution in [3.05, 3.63) is 10.6 Å². The molecular formula is C10H14N2O4S2. The molecule has 100 valence electrons. The molecule has 1 aromatic rings. The number of aromatic nitrogens is 1. The summed E-state index contributed by atoms with van der Waals surface area (Å²) in [6, 6.07) is -0.170. The molecule has 1 atom stereocenters. The van der Waals surface area contributed by atoms with Crippen molar-refractivity contribution in [3.63, 3.8) is 0 Å². The number of sulfone groups is 1. The van der Waals surface area contributed by atoms with Crippen molar-refractivity contribution in [2.75, 3.05) is 23.0 Å². The van der Waals surface area contributed by atoms with Crippen LogP contribution in [0.25, 0.3) is 0 Å². The molecule has 1 aliphatic heterocycles. The number of thiazole rings is 1. The Morgan fingerprint density at radius 3 is 2.72 bits per heavy atom. The normalized spacial score (nSPS) is 23.0. The fourth-order valence-electron chi connectivity index (χ4n) is 1.99. The minimum Gasteiger partial charge on any atom is -0.476 e. The highest BCUT2D eigenvalue weighted by atomic mass is 32.2. The molecule has 2 heterocycles. The summed E-state index contributed by atoms with van der Waals surface area (Å²) in [4.78, 5) is 17.5. The van der Waals surface area contributed by atoms with Gasteiger partial charge >= 0.3 is 5.97 Å². The summed E-state index contributed by atoms with van der Waals surface area (Å²) in [7, 11) is -2.97. The molecule has 6 nitrogen and oxygen atoms in total. The first-order valence-electron chi connectivity index (χ1n) is 5.48. The maximum atomic E-state index is 11.5. The number of hydrogen-bond donors (Lipinski definition) is 1. The Kier molecular flexibility index (Phi) is 3.33. The van der Waals surface area contributed by atoms with Crippen LogP contribution in [0.2, 0.25) is 0 Å². The highest BCUT2D eigenvalue weighted by Crippen LogP contribution is 2.29. The number of carboxylic acid groups (broad SMARTS) is 1. The first kappa shape index (κ1) is 13.3. The summed E-state index contributed by atoms with van der Waals surface area (Å²) in [6.07, 6.45) is 0. The monoisotopic (exact) mass is 290 g/mol. The van der Waals surface area contributed by atoms with Crippen molar-refractivity contribution in [1.29, 1.82) is 0 Å². The Labute approximate surface area is 109 Å². The van der Waals surface area contributed by atoms with E-state index in [0.717, 1.165) is 0 Å². The van der Waals surface area contributed by atoms with Crippen molar-refractivity contribution in [1.82, 2.24) is 4.98 Å². The molecule has 0 spiro atoms. The van der Waals surface area contributed by atoms with Crippen LogP contribution in [0.5, 0.6) is 0 Å². The van der Waals surface area contributed by atoms with Gasteiger partial charge in [-0.05, 0) is 13.8 Å². The van der Waals surface area contributed by atoms with E-state index in [0.29, 0.717) is 16.6 Å². The predicted octanol–water partition coefficient (Wildman–Crippen LogP) is 0.773. The summed E-state index contributed by atoms with van der Waals surface area (Å²) < 4.78 is 23.0. The maximum absolute atomic E-state index is 11.5. The molecule has 1 aliphatic rings. The van der Waals surface area contributed by atoms with E-state index in [1.807, 2.05) is 11.8 Å². The molecule has 0 saturated carbocycles. The van der Waals surface area contributed by atoms with Gasteiger partial charge in [0.25, 0.3) is 0 Å². The van der Waals surface area contributed by atoms with Crippen molar-refractivity contribution in [2.24, 2.45) is 0 Å². The van der Waals surface area contributed by atoms with Crippen molar-refractivity contribution >= 4 is 32.3 Å². The zero-order chi connectivity index (χ0) is 13.5. The quantitative estimate of drug-likeness (QED) is 0.865. The van der Waals surface area contributed by atoms with Crippen LogP contribution in [0.4, 0.5) is 5.13 Å². The first-order valence-corrected chi connectivity index (χ1v) is 8.12. The third-order valence-corrected chi connectivity index (χ3v) is 5.71.